The summed E-state index contributed by atoms with van der Waals surface area (Å²) in [7, 11) is -3.76. The van der Waals surface area contributed by atoms with E-state index in [1.807, 2.05) is 26.2 Å². The largest absolute Gasteiger partial charge is 0.302 e. The number of nitrogens with zero attached hydrogens (tertiary/aromatic N) is 2. The van der Waals surface area contributed by atoms with Crippen molar-refractivity contribution in [3.63, 3.8) is 0 Å². The van der Waals surface area contributed by atoms with Gasteiger partial charge in [0, 0.05) is 23.9 Å². The fourth-order valence-corrected chi connectivity index (χ4v) is 5.48. The molecule has 1 saturated heterocycles. The van der Waals surface area contributed by atoms with Gasteiger partial charge in [-0.25, -0.2) is 17.8 Å². The van der Waals surface area contributed by atoms with Crippen LogP contribution in [0, 0.1) is 11.7 Å². The van der Waals surface area contributed by atoms with Crippen LogP contribution < -0.4 is 5.32 Å². The molecule has 1 N–H and O–H groups in total. The molecule has 1 aromatic carbocycles. The molecule has 1 atom stereocenters. The number of anilines is 1. The molecular weight excluding hydrogens is 401 g/mol. The molecule has 2 aromatic rings. The van der Waals surface area contributed by atoms with E-state index in [1.54, 1.807) is 0 Å². The number of rotatable bonds is 4. The number of carbonyl (C=O) groups excluding carboxylic acids is 1. The fourth-order valence-electron chi connectivity index (χ4n) is 3.01. The number of nitrogens with one attached hydrogen (secondary N) is 1. The predicted molar refractivity (Wildman–Crippen MR) is 107 cm³/mol. The number of hydrogen-bond donors (Lipinski definition) is 1. The highest BCUT2D eigenvalue weighted by atomic mass is 32.2. The molecule has 152 valence electrons. The van der Waals surface area contributed by atoms with Gasteiger partial charge in [-0.15, -0.1) is 11.3 Å². The van der Waals surface area contributed by atoms with Gasteiger partial charge in [-0.05, 0) is 37.1 Å². The maximum Gasteiger partial charge on any atom is 0.243 e. The second-order valence-electron chi connectivity index (χ2n) is 7.93. The Bertz CT molecular complexity index is 950. The highest BCUT2D eigenvalue weighted by molar-refractivity contribution is 7.89. The molecule has 9 heteroatoms. The van der Waals surface area contributed by atoms with E-state index in [-0.39, 0.29) is 22.8 Å². The van der Waals surface area contributed by atoms with E-state index in [0.717, 1.165) is 17.8 Å². The molecule has 0 saturated carbocycles. The van der Waals surface area contributed by atoms with Crippen LogP contribution in [0.25, 0.3) is 0 Å². The normalized spacial score (nSPS) is 18.8. The smallest absolute Gasteiger partial charge is 0.243 e. The van der Waals surface area contributed by atoms with Gasteiger partial charge in [0.1, 0.15) is 5.82 Å². The minimum Gasteiger partial charge on any atom is -0.302 e. The summed E-state index contributed by atoms with van der Waals surface area (Å²) < 4.78 is 40.0. The van der Waals surface area contributed by atoms with E-state index in [1.165, 1.54) is 27.8 Å². The average molecular weight is 426 g/mol. The van der Waals surface area contributed by atoms with Crippen molar-refractivity contribution < 1.29 is 17.6 Å². The third-order valence-electron chi connectivity index (χ3n) is 4.71. The number of amides is 1. The number of benzene rings is 1. The topological polar surface area (TPSA) is 79.4 Å². The van der Waals surface area contributed by atoms with Gasteiger partial charge in [-0.2, -0.15) is 4.31 Å². The number of hydrogen-bond acceptors (Lipinski definition) is 5. The van der Waals surface area contributed by atoms with Crippen LogP contribution in [0.1, 0.15) is 39.3 Å². The zero-order valence-electron chi connectivity index (χ0n) is 16.1. The second-order valence-corrected chi connectivity index (χ2v) is 10.7. The number of thiazole rings is 1. The number of aromatic nitrogens is 1. The maximum atomic E-state index is 13.1. The van der Waals surface area contributed by atoms with Gasteiger partial charge in [0.2, 0.25) is 15.9 Å². The Hall–Kier alpha value is -1.84. The Balaban J connectivity index is 1.69. The standard InChI is InChI=1S/C19H24FN3O3S2/c1-19(2,3)16-12-27-18(21-16)22-17(24)13-5-4-10-23(11-13)28(25,26)15-8-6-14(20)7-9-15/h6-9,12-13H,4-5,10-11H2,1-3H3,(H,21,22,24). The van der Waals surface area contributed by atoms with Gasteiger partial charge in [-0.1, -0.05) is 20.8 Å². The van der Waals surface area contributed by atoms with E-state index in [0.29, 0.717) is 24.5 Å². The summed E-state index contributed by atoms with van der Waals surface area (Å²) >= 11 is 1.36. The van der Waals surface area contributed by atoms with Gasteiger partial charge in [0.05, 0.1) is 16.5 Å². The molecule has 2 heterocycles. The number of piperidine rings is 1. The monoisotopic (exact) mass is 425 g/mol. The minimum absolute atomic E-state index is 0.0321. The Morgan fingerprint density at radius 2 is 1.96 bits per heavy atom. The van der Waals surface area contributed by atoms with Crippen molar-refractivity contribution in [2.75, 3.05) is 18.4 Å². The molecule has 1 unspecified atom stereocenters. The van der Waals surface area contributed by atoms with Crippen LogP contribution in [-0.2, 0) is 20.2 Å². The van der Waals surface area contributed by atoms with Crippen LogP contribution in [0.3, 0.4) is 0 Å². The SMILES string of the molecule is CC(C)(C)c1csc(NC(=O)C2CCCN(S(=O)(=O)c3ccc(F)cc3)C2)n1. The fraction of sp³-hybridized carbons (Fsp3) is 0.474. The molecule has 1 aliphatic heterocycles. The van der Waals surface area contributed by atoms with Crippen molar-refractivity contribution in [2.45, 2.75) is 43.9 Å². The molecule has 6 nitrogen and oxygen atoms in total. The van der Waals surface area contributed by atoms with Crippen LogP contribution in [0.4, 0.5) is 9.52 Å². The Morgan fingerprint density at radius 1 is 1.29 bits per heavy atom. The van der Waals surface area contributed by atoms with Crippen molar-refractivity contribution in [1.82, 2.24) is 9.29 Å². The van der Waals surface area contributed by atoms with Gasteiger partial charge >= 0.3 is 0 Å². The van der Waals surface area contributed by atoms with Crippen LogP contribution in [0.5, 0.6) is 0 Å². The molecule has 0 bridgehead atoms. The quantitative estimate of drug-likeness (QED) is 0.811. The number of sulfonamides is 1. The van der Waals surface area contributed by atoms with Crippen LogP contribution in [0.2, 0.25) is 0 Å². The molecule has 0 radical (unpaired) electrons. The lowest BCUT2D eigenvalue weighted by atomic mass is 9.93. The Labute approximate surface area is 168 Å². The Morgan fingerprint density at radius 3 is 2.57 bits per heavy atom. The third kappa shape index (κ3) is 4.59. The van der Waals surface area contributed by atoms with Crippen LogP contribution >= 0.6 is 11.3 Å². The molecule has 28 heavy (non-hydrogen) atoms. The van der Waals surface area contributed by atoms with Gasteiger partial charge < -0.3 is 5.32 Å². The highest BCUT2D eigenvalue weighted by Crippen LogP contribution is 2.28. The van der Waals surface area contributed by atoms with Crippen molar-refractivity contribution in [3.05, 3.63) is 41.2 Å². The molecule has 0 spiro atoms. The number of halogens is 1. The first-order valence-electron chi connectivity index (χ1n) is 9.10. The zero-order chi connectivity index (χ0) is 20.5. The molecule has 1 aliphatic rings. The second kappa shape index (κ2) is 7.88. The lowest BCUT2D eigenvalue weighted by molar-refractivity contribution is -0.120. The average Bonchev–Trinajstić information content (AvgIpc) is 3.11. The minimum atomic E-state index is -3.76. The summed E-state index contributed by atoms with van der Waals surface area (Å²) in [6.45, 7) is 6.59. The lowest BCUT2D eigenvalue weighted by Gasteiger charge is -2.31. The molecule has 1 fully saturated rings. The van der Waals surface area contributed by atoms with E-state index >= 15 is 0 Å². The lowest BCUT2D eigenvalue weighted by Crippen LogP contribution is -2.43. The maximum absolute atomic E-state index is 13.1. The summed E-state index contributed by atoms with van der Waals surface area (Å²) in [4.78, 5) is 17.2. The van der Waals surface area contributed by atoms with E-state index in [9.17, 15) is 17.6 Å². The van der Waals surface area contributed by atoms with E-state index < -0.39 is 21.8 Å². The summed E-state index contributed by atoms with van der Waals surface area (Å²) in [5.41, 5.74) is 0.793. The van der Waals surface area contributed by atoms with Crippen molar-refractivity contribution in [3.8, 4) is 0 Å². The highest BCUT2D eigenvalue weighted by Gasteiger charge is 2.33. The molecule has 1 aromatic heterocycles. The summed E-state index contributed by atoms with van der Waals surface area (Å²) in [5.74, 6) is -1.17. The van der Waals surface area contributed by atoms with Crippen molar-refractivity contribution in [1.29, 1.82) is 0 Å². The number of carbonyl (C=O) groups is 1. The van der Waals surface area contributed by atoms with Crippen molar-refractivity contribution >= 4 is 32.4 Å². The van der Waals surface area contributed by atoms with Crippen LogP contribution in [-0.4, -0.2) is 36.7 Å². The van der Waals surface area contributed by atoms with Gasteiger partial charge in [0.15, 0.2) is 5.13 Å². The third-order valence-corrected chi connectivity index (χ3v) is 7.35. The Kier molecular flexibility index (Phi) is 5.88. The zero-order valence-corrected chi connectivity index (χ0v) is 17.7. The summed E-state index contributed by atoms with van der Waals surface area (Å²) in [6.07, 6.45) is 1.20. The molecular formula is C19H24FN3O3S2. The van der Waals surface area contributed by atoms with Crippen LogP contribution in [0.15, 0.2) is 34.5 Å². The first-order valence-corrected chi connectivity index (χ1v) is 11.4. The first-order chi connectivity index (χ1) is 13.1. The van der Waals surface area contributed by atoms with Gasteiger partial charge in [0.25, 0.3) is 0 Å². The summed E-state index contributed by atoms with van der Waals surface area (Å²) in [6, 6.07) is 4.74. The molecule has 3 rings (SSSR count). The predicted octanol–water partition coefficient (Wildman–Crippen LogP) is 3.62. The van der Waals surface area contributed by atoms with Gasteiger partial charge in [-0.3, -0.25) is 4.79 Å². The van der Waals surface area contributed by atoms with E-state index in [2.05, 4.69) is 10.3 Å². The molecule has 0 aliphatic carbocycles. The summed E-state index contributed by atoms with van der Waals surface area (Å²) in [5, 5.41) is 5.26. The first kappa shape index (κ1) is 20.9. The van der Waals surface area contributed by atoms with Crippen molar-refractivity contribution in [2.24, 2.45) is 5.92 Å². The molecule has 1 amide bonds. The van der Waals surface area contributed by atoms with E-state index in [4.69, 9.17) is 0 Å².